The molecule has 0 N–H and O–H groups in total. The number of allylic oxidation sites excluding steroid dienone is 2. The lowest BCUT2D eigenvalue weighted by Crippen LogP contribution is -2.34. The Morgan fingerprint density at radius 2 is 1.69 bits per heavy atom. The normalized spacial score (nSPS) is 16.5. The van der Waals surface area contributed by atoms with Crippen molar-refractivity contribution in [2.24, 2.45) is 0 Å². The second-order valence-corrected chi connectivity index (χ2v) is 9.59. The average Bonchev–Trinajstić information content (AvgIpc) is 3.51. The predicted octanol–water partition coefficient (Wildman–Crippen LogP) is 5.47. The van der Waals surface area contributed by atoms with Crippen LogP contribution in [0.3, 0.4) is 0 Å². The average molecular weight is 495 g/mol. The van der Waals surface area contributed by atoms with Crippen molar-refractivity contribution in [3.63, 3.8) is 0 Å². The third kappa shape index (κ3) is 4.39. The first-order chi connectivity index (χ1) is 17.4. The van der Waals surface area contributed by atoms with Gasteiger partial charge in [0.1, 0.15) is 0 Å². The van der Waals surface area contributed by atoms with E-state index in [9.17, 15) is 0 Å². The molecule has 0 amide bonds. The SMILES string of the molecule is CCN1CCC(n2cc(-c3cnc4c(c3)C(Cc3c(F)c(OC)cc(OC)c3F)=C(C)C4)cn2)CC1. The highest BCUT2D eigenvalue weighted by molar-refractivity contribution is 5.80. The highest BCUT2D eigenvalue weighted by atomic mass is 19.1. The van der Waals surface area contributed by atoms with E-state index >= 15 is 8.78 Å². The van der Waals surface area contributed by atoms with Gasteiger partial charge >= 0.3 is 0 Å². The van der Waals surface area contributed by atoms with Gasteiger partial charge < -0.3 is 14.4 Å². The largest absolute Gasteiger partial charge is 0.494 e. The Labute approximate surface area is 210 Å². The monoisotopic (exact) mass is 494 g/mol. The van der Waals surface area contributed by atoms with E-state index in [1.807, 2.05) is 19.3 Å². The van der Waals surface area contributed by atoms with E-state index in [2.05, 4.69) is 33.9 Å². The number of hydrogen-bond acceptors (Lipinski definition) is 5. The molecule has 5 rings (SSSR count). The van der Waals surface area contributed by atoms with Crippen molar-refractivity contribution in [3.8, 4) is 22.6 Å². The molecule has 6 nitrogen and oxygen atoms in total. The number of aromatic nitrogens is 3. The molecule has 0 spiro atoms. The molecule has 3 heterocycles. The minimum atomic E-state index is -0.705. The van der Waals surface area contributed by atoms with E-state index in [1.54, 1.807) is 0 Å². The number of fused-ring (bicyclic) bond motifs is 1. The molecule has 0 saturated carbocycles. The highest BCUT2D eigenvalue weighted by Gasteiger charge is 2.27. The number of nitrogens with zero attached hydrogens (tertiary/aromatic N) is 4. The third-order valence-corrected chi connectivity index (χ3v) is 7.57. The minimum Gasteiger partial charge on any atom is -0.494 e. The van der Waals surface area contributed by atoms with Crippen LogP contribution in [0.4, 0.5) is 8.78 Å². The smallest absolute Gasteiger partial charge is 0.171 e. The Morgan fingerprint density at radius 1 is 1.00 bits per heavy atom. The van der Waals surface area contributed by atoms with Crippen molar-refractivity contribution >= 4 is 5.57 Å². The summed E-state index contributed by atoms with van der Waals surface area (Å²) in [6.07, 6.45) is 8.76. The fourth-order valence-electron chi connectivity index (χ4n) is 5.34. The second-order valence-electron chi connectivity index (χ2n) is 9.59. The summed E-state index contributed by atoms with van der Waals surface area (Å²) in [5.41, 5.74) is 5.65. The lowest BCUT2D eigenvalue weighted by molar-refractivity contribution is 0.187. The zero-order valence-electron chi connectivity index (χ0n) is 21.3. The summed E-state index contributed by atoms with van der Waals surface area (Å²) in [5.74, 6) is -1.49. The van der Waals surface area contributed by atoms with Gasteiger partial charge in [0.2, 0.25) is 0 Å². The summed E-state index contributed by atoms with van der Waals surface area (Å²) < 4.78 is 42.5. The number of rotatable bonds is 7. The molecule has 0 atom stereocenters. The van der Waals surface area contributed by atoms with Crippen molar-refractivity contribution in [1.82, 2.24) is 19.7 Å². The van der Waals surface area contributed by atoms with E-state index < -0.39 is 11.6 Å². The molecule has 0 radical (unpaired) electrons. The number of likely N-dealkylation sites (tertiary alicyclic amines) is 1. The zero-order valence-corrected chi connectivity index (χ0v) is 21.3. The van der Waals surface area contributed by atoms with Crippen LogP contribution < -0.4 is 9.47 Å². The summed E-state index contributed by atoms with van der Waals surface area (Å²) in [7, 11) is 2.72. The molecule has 1 aliphatic carbocycles. The Bertz CT molecular complexity index is 1280. The lowest BCUT2D eigenvalue weighted by atomic mass is 9.96. The van der Waals surface area contributed by atoms with Gasteiger partial charge in [-0.05, 0) is 37.9 Å². The van der Waals surface area contributed by atoms with Crippen molar-refractivity contribution < 1.29 is 18.3 Å². The second kappa shape index (κ2) is 10.0. The van der Waals surface area contributed by atoms with Crippen LogP contribution >= 0.6 is 0 Å². The predicted molar refractivity (Wildman–Crippen MR) is 135 cm³/mol. The quantitative estimate of drug-likeness (QED) is 0.436. The molecule has 2 aliphatic rings. The molecule has 3 aromatic rings. The van der Waals surface area contributed by atoms with Gasteiger partial charge in [0, 0.05) is 66.6 Å². The van der Waals surface area contributed by atoms with E-state index in [0.717, 1.165) is 66.0 Å². The first-order valence-corrected chi connectivity index (χ1v) is 12.5. The van der Waals surface area contributed by atoms with Gasteiger partial charge in [-0.3, -0.25) is 9.67 Å². The van der Waals surface area contributed by atoms with Crippen molar-refractivity contribution in [2.75, 3.05) is 33.9 Å². The molecule has 8 heteroatoms. The maximum atomic E-state index is 15.1. The summed E-state index contributed by atoms with van der Waals surface area (Å²) in [4.78, 5) is 7.17. The number of piperidine rings is 1. The molecule has 190 valence electrons. The summed E-state index contributed by atoms with van der Waals surface area (Å²) in [5, 5.41) is 4.66. The Balaban J connectivity index is 1.44. The summed E-state index contributed by atoms with van der Waals surface area (Å²) in [6, 6.07) is 3.71. The van der Waals surface area contributed by atoms with Gasteiger partial charge in [-0.15, -0.1) is 0 Å². The Hall–Kier alpha value is -3.26. The van der Waals surface area contributed by atoms with Crippen LogP contribution in [0.5, 0.6) is 11.5 Å². The number of benzene rings is 1. The number of hydrogen-bond donors (Lipinski definition) is 0. The maximum Gasteiger partial charge on any atom is 0.171 e. The van der Waals surface area contributed by atoms with Gasteiger partial charge in [0.25, 0.3) is 0 Å². The van der Waals surface area contributed by atoms with Crippen LogP contribution in [0, 0.1) is 11.6 Å². The topological polar surface area (TPSA) is 52.4 Å². The molecule has 1 aromatic carbocycles. The van der Waals surface area contributed by atoms with Gasteiger partial charge in [-0.2, -0.15) is 5.10 Å². The Kier molecular flexibility index (Phi) is 6.79. The molecule has 2 aromatic heterocycles. The van der Waals surface area contributed by atoms with Crippen LogP contribution in [0.15, 0.2) is 36.3 Å². The maximum absolute atomic E-state index is 15.1. The first kappa shape index (κ1) is 24.4. The number of halogens is 2. The highest BCUT2D eigenvalue weighted by Crippen LogP contribution is 2.40. The first-order valence-electron chi connectivity index (χ1n) is 12.5. The van der Waals surface area contributed by atoms with Crippen molar-refractivity contribution in [2.45, 2.75) is 45.6 Å². The summed E-state index contributed by atoms with van der Waals surface area (Å²) >= 11 is 0. The fourth-order valence-corrected chi connectivity index (χ4v) is 5.34. The molecular formula is C28H32F2N4O2. The Morgan fingerprint density at radius 3 is 2.33 bits per heavy atom. The molecule has 1 fully saturated rings. The number of pyridine rings is 1. The summed E-state index contributed by atoms with van der Waals surface area (Å²) in [6.45, 7) is 7.46. The van der Waals surface area contributed by atoms with Crippen LogP contribution in [0.25, 0.3) is 16.7 Å². The molecular weight excluding hydrogens is 462 g/mol. The van der Waals surface area contributed by atoms with E-state index in [1.165, 1.54) is 20.3 Å². The van der Waals surface area contributed by atoms with Crippen LogP contribution in [-0.2, 0) is 12.8 Å². The van der Waals surface area contributed by atoms with Crippen molar-refractivity contribution in [3.05, 3.63) is 64.8 Å². The molecule has 0 bridgehead atoms. The fraction of sp³-hybridized carbons (Fsp3) is 0.429. The molecule has 36 heavy (non-hydrogen) atoms. The number of ether oxygens (including phenoxy) is 2. The zero-order chi connectivity index (χ0) is 25.4. The van der Waals surface area contributed by atoms with Crippen molar-refractivity contribution in [1.29, 1.82) is 0 Å². The molecule has 1 aliphatic heterocycles. The lowest BCUT2D eigenvalue weighted by Gasteiger charge is -2.31. The van der Waals surface area contributed by atoms with Gasteiger partial charge in [-0.25, -0.2) is 8.78 Å². The molecule has 1 saturated heterocycles. The van der Waals surface area contributed by atoms with E-state index in [-0.39, 0.29) is 23.5 Å². The van der Waals surface area contributed by atoms with E-state index in [4.69, 9.17) is 14.5 Å². The standard InChI is InChI=1S/C28H32F2N4O2/c1-5-33-8-6-20(7-9-33)34-16-19(15-32-34)18-11-22-21(17(2)10-24(22)31-14-18)12-23-27(29)25(35-3)13-26(36-4)28(23)30/h11,13-16,20H,5-10,12H2,1-4H3. The van der Waals surface area contributed by atoms with Crippen LogP contribution in [-0.4, -0.2) is 53.5 Å². The van der Waals surface area contributed by atoms with Gasteiger partial charge in [0.05, 0.1) is 32.2 Å². The van der Waals surface area contributed by atoms with Gasteiger partial charge in [-0.1, -0.05) is 12.5 Å². The number of methoxy groups -OCH3 is 2. The minimum absolute atomic E-state index is 0.0382. The van der Waals surface area contributed by atoms with E-state index in [0.29, 0.717) is 12.5 Å². The third-order valence-electron chi connectivity index (χ3n) is 7.57. The molecule has 0 unspecified atom stereocenters. The van der Waals surface area contributed by atoms with Gasteiger partial charge in [0.15, 0.2) is 23.1 Å². The van der Waals surface area contributed by atoms with Crippen LogP contribution in [0.1, 0.15) is 49.6 Å². The van der Waals surface area contributed by atoms with Crippen LogP contribution in [0.2, 0.25) is 0 Å².